The van der Waals surface area contributed by atoms with Crippen molar-refractivity contribution in [1.82, 2.24) is 25.0 Å². The van der Waals surface area contributed by atoms with Crippen LogP contribution < -0.4 is 10.6 Å². The summed E-state index contributed by atoms with van der Waals surface area (Å²) in [5.41, 5.74) is 3.38. The lowest BCUT2D eigenvalue weighted by Gasteiger charge is -2.21. The summed E-state index contributed by atoms with van der Waals surface area (Å²) < 4.78 is 15.5. The highest BCUT2D eigenvalue weighted by Crippen LogP contribution is 2.38. The fraction of sp³-hybridized carbons (Fsp3) is 0.148. The lowest BCUT2D eigenvalue weighted by atomic mass is 10.0. The van der Waals surface area contributed by atoms with Crippen LogP contribution in [0.5, 0.6) is 0 Å². The Morgan fingerprint density at radius 1 is 0.950 bits per heavy atom. The van der Waals surface area contributed by atoms with Gasteiger partial charge in [-0.2, -0.15) is 5.26 Å². The van der Waals surface area contributed by atoms with E-state index in [1.807, 2.05) is 20.0 Å². The van der Waals surface area contributed by atoms with Crippen molar-refractivity contribution in [1.29, 1.82) is 5.26 Å². The second kappa shape index (κ2) is 11.4. The predicted octanol–water partition coefficient (Wildman–Crippen LogP) is 8.37. The van der Waals surface area contributed by atoms with Gasteiger partial charge in [-0.1, -0.05) is 51.6 Å². The number of aromatic nitrogens is 5. The van der Waals surface area contributed by atoms with Gasteiger partial charge in [0.25, 0.3) is 0 Å². The van der Waals surface area contributed by atoms with Gasteiger partial charge in [-0.15, -0.1) is 5.10 Å². The van der Waals surface area contributed by atoms with E-state index in [4.69, 9.17) is 46.4 Å². The third-order valence-corrected chi connectivity index (χ3v) is 7.17. The maximum Gasteiger partial charge on any atom is 0.141 e. The summed E-state index contributed by atoms with van der Waals surface area (Å²) in [6.45, 7) is 3.98. The van der Waals surface area contributed by atoms with E-state index >= 15 is 0 Å². The highest BCUT2D eigenvalue weighted by atomic mass is 35.5. The molecule has 2 aromatic carbocycles. The van der Waals surface area contributed by atoms with E-state index in [0.717, 1.165) is 0 Å². The highest BCUT2D eigenvalue weighted by Gasteiger charge is 2.23. The standard InChI is InChI=1S/C27H19Cl4FN8/c1-13(2)40-12-23(38-39-40)27(18-11-34-24(31)8-19(18)28)37-16-5-17-25(36-15-3-4-22(32)20(29)6-15)14(9-33)10-35-26(17)21(30)7-16/h3-8,10-13,27,37H,1-2H3,(H,35,36). The van der Waals surface area contributed by atoms with Gasteiger partial charge >= 0.3 is 0 Å². The minimum atomic E-state index is -0.585. The molecule has 3 aromatic heterocycles. The summed E-state index contributed by atoms with van der Waals surface area (Å²) in [5.74, 6) is -0.558. The molecular formula is C27H19Cl4FN8. The van der Waals surface area contributed by atoms with Crippen molar-refractivity contribution in [2.45, 2.75) is 25.9 Å². The zero-order valence-corrected chi connectivity index (χ0v) is 23.9. The van der Waals surface area contributed by atoms with E-state index in [9.17, 15) is 9.65 Å². The van der Waals surface area contributed by atoms with Crippen LogP contribution in [0.4, 0.5) is 21.5 Å². The van der Waals surface area contributed by atoms with Crippen molar-refractivity contribution >= 4 is 74.4 Å². The molecule has 8 nitrogen and oxygen atoms in total. The predicted molar refractivity (Wildman–Crippen MR) is 156 cm³/mol. The molecule has 0 fully saturated rings. The molecule has 5 rings (SSSR count). The molecule has 0 saturated carbocycles. The van der Waals surface area contributed by atoms with Crippen molar-refractivity contribution in [3.8, 4) is 6.07 Å². The summed E-state index contributed by atoms with van der Waals surface area (Å²) in [5, 5.41) is 26.4. The molecule has 5 aromatic rings. The van der Waals surface area contributed by atoms with Gasteiger partial charge < -0.3 is 10.6 Å². The topological polar surface area (TPSA) is 104 Å². The SMILES string of the molecule is CC(C)n1cc(C(Nc2cc(Cl)c3ncc(C#N)c(Nc4ccc(F)c(Cl)c4)c3c2)c2cnc(Cl)cc2Cl)nn1. The lowest BCUT2D eigenvalue weighted by Crippen LogP contribution is -2.14. The molecular weight excluding hydrogens is 597 g/mol. The summed E-state index contributed by atoms with van der Waals surface area (Å²) in [6.07, 6.45) is 4.80. The van der Waals surface area contributed by atoms with Crippen LogP contribution in [0.1, 0.15) is 42.8 Å². The first-order valence-electron chi connectivity index (χ1n) is 11.9. The largest absolute Gasteiger partial charge is 0.373 e. The first-order valence-corrected chi connectivity index (χ1v) is 13.4. The molecule has 13 heteroatoms. The fourth-order valence-corrected chi connectivity index (χ4v) is 4.99. The number of halogens is 5. The molecule has 1 atom stereocenters. The van der Waals surface area contributed by atoms with Gasteiger partial charge in [0.2, 0.25) is 0 Å². The van der Waals surface area contributed by atoms with Gasteiger partial charge in [0, 0.05) is 40.8 Å². The van der Waals surface area contributed by atoms with Crippen molar-refractivity contribution in [2.75, 3.05) is 10.6 Å². The average molecular weight is 616 g/mol. The van der Waals surface area contributed by atoms with Crippen LogP contribution in [0.15, 0.2) is 55.0 Å². The number of nitriles is 1. The van der Waals surface area contributed by atoms with Crippen LogP contribution in [0.25, 0.3) is 10.9 Å². The van der Waals surface area contributed by atoms with E-state index in [0.29, 0.717) is 49.3 Å². The minimum Gasteiger partial charge on any atom is -0.373 e. The molecule has 0 radical (unpaired) electrons. The van der Waals surface area contributed by atoms with Gasteiger partial charge in [-0.05, 0) is 50.2 Å². The van der Waals surface area contributed by atoms with E-state index in [-0.39, 0.29) is 21.8 Å². The number of benzene rings is 2. The summed E-state index contributed by atoms with van der Waals surface area (Å²) in [6, 6.07) is 10.9. The Morgan fingerprint density at radius 2 is 1.73 bits per heavy atom. The number of rotatable bonds is 7. The normalized spacial score (nSPS) is 12.0. The number of hydrogen-bond acceptors (Lipinski definition) is 7. The zero-order chi connectivity index (χ0) is 28.6. The molecule has 0 aliphatic rings. The zero-order valence-electron chi connectivity index (χ0n) is 20.9. The number of nitrogens with zero attached hydrogens (tertiary/aromatic N) is 6. The van der Waals surface area contributed by atoms with Crippen molar-refractivity contribution < 1.29 is 4.39 Å². The van der Waals surface area contributed by atoms with E-state index in [1.54, 1.807) is 29.1 Å². The summed E-state index contributed by atoms with van der Waals surface area (Å²) in [7, 11) is 0. The maximum atomic E-state index is 13.8. The number of pyridine rings is 2. The molecule has 202 valence electrons. The molecule has 2 N–H and O–H groups in total. The Labute approximate surface area is 248 Å². The molecule has 0 amide bonds. The number of nitrogens with one attached hydrogen (secondary N) is 2. The number of fused-ring (bicyclic) bond motifs is 1. The van der Waals surface area contributed by atoms with Crippen LogP contribution in [-0.2, 0) is 0 Å². The molecule has 0 saturated heterocycles. The monoisotopic (exact) mass is 614 g/mol. The Bertz CT molecular complexity index is 1780. The van der Waals surface area contributed by atoms with Gasteiger partial charge in [0.15, 0.2) is 0 Å². The van der Waals surface area contributed by atoms with Crippen LogP contribution in [0.3, 0.4) is 0 Å². The van der Waals surface area contributed by atoms with Crippen LogP contribution >= 0.6 is 46.4 Å². The second-order valence-electron chi connectivity index (χ2n) is 9.09. The number of anilines is 3. The highest BCUT2D eigenvalue weighted by molar-refractivity contribution is 6.36. The molecule has 1 unspecified atom stereocenters. The molecule has 40 heavy (non-hydrogen) atoms. The van der Waals surface area contributed by atoms with E-state index in [1.165, 1.54) is 24.4 Å². The van der Waals surface area contributed by atoms with Gasteiger partial charge in [-0.3, -0.25) is 4.98 Å². The third-order valence-electron chi connectivity index (χ3n) is 6.06. The summed E-state index contributed by atoms with van der Waals surface area (Å²) >= 11 is 25.3. The van der Waals surface area contributed by atoms with Crippen molar-refractivity contribution in [3.05, 3.63) is 97.8 Å². The smallest absolute Gasteiger partial charge is 0.141 e. The van der Waals surface area contributed by atoms with E-state index < -0.39 is 11.9 Å². The molecule has 3 heterocycles. The molecule has 0 aliphatic carbocycles. The van der Waals surface area contributed by atoms with Gasteiger partial charge in [0.1, 0.15) is 28.8 Å². The Balaban J connectivity index is 1.63. The van der Waals surface area contributed by atoms with Crippen LogP contribution in [0.2, 0.25) is 20.2 Å². The van der Waals surface area contributed by atoms with Crippen LogP contribution in [-0.4, -0.2) is 25.0 Å². The minimum absolute atomic E-state index is 0.0620. The maximum absolute atomic E-state index is 13.8. The van der Waals surface area contributed by atoms with E-state index in [2.05, 4.69) is 37.0 Å². The Morgan fingerprint density at radius 3 is 2.40 bits per heavy atom. The van der Waals surface area contributed by atoms with Crippen molar-refractivity contribution in [2.24, 2.45) is 0 Å². The quantitative estimate of drug-likeness (QED) is 0.177. The molecule has 0 aliphatic heterocycles. The first-order chi connectivity index (χ1) is 19.1. The third kappa shape index (κ3) is 5.62. The van der Waals surface area contributed by atoms with Gasteiger partial charge in [0.05, 0.1) is 38.0 Å². The summed E-state index contributed by atoms with van der Waals surface area (Å²) in [4.78, 5) is 8.59. The Hall–Kier alpha value is -3.68. The van der Waals surface area contributed by atoms with Gasteiger partial charge in [-0.25, -0.2) is 14.1 Å². The molecule has 0 spiro atoms. The molecule has 0 bridgehead atoms. The number of hydrogen-bond donors (Lipinski definition) is 2. The average Bonchev–Trinajstić information content (AvgIpc) is 3.41. The lowest BCUT2D eigenvalue weighted by molar-refractivity contribution is 0.514. The Kier molecular flexibility index (Phi) is 7.97. The van der Waals surface area contributed by atoms with Crippen molar-refractivity contribution in [3.63, 3.8) is 0 Å². The first kappa shape index (κ1) is 27.9. The van der Waals surface area contributed by atoms with Crippen LogP contribution in [0, 0.1) is 17.1 Å². The fourth-order valence-electron chi connectivity index (χ4n) is 4.06. The second-order valence-corrected chi connectivity index (χ2v) is 10.7.